The van der Waals surface area contributed by atoms with Crippen LogP contribution in [0.4, 0.5) is 17.5 Å². The molecular formula is C27H37N7O2. The van der Waals surface area contributed by atoms with E-state index in [0.29, 0.717) is 18.5 Å². The van der Waals surface area contributed by atoms with Gasteiger partial charge in [-0.05, 0) is 51.0 Å². The van der Waals surface area contributed by atoms with Gasteiger partial charge in [-0.1, -0.05) is 44.2 Å². The van der Waals surface area contributed by atoms with E-state index < -0.39 is 0 Å². The third kappa shape index (κ3) is 6.67. The van der Waals surface area contributed by atoms with Crippen LogP contribution in [0.1, 0.15) is 38.7 Å². The third-order valence-corrected chi connectivity index (χ3v) is 6.94. The second kappa shape index (κ2) is 12.6. The van der Waals surface area contributed by atoms with E-state index in [-0.39, 0.29) is 10.6 Å². The van der Waals surface area contributed by atoms with Crippen molar-refractivity contribution in [2.24, 2.45) is 0 Å². The second-order valence-electron chi connectivity index (χ2n) is 9.30. The number of fused-ring (bicyclic) bond motifs is 1. The van der Waals surface area contributed by atoms with Crippen LogP contribution in [-0.4, -0.2) is 70.0 Å². The van der Waals surface area contributed by atoms with Gasteiger partial charge in [0.2, 0.25) is 5.95 Å². The normalized spacial score (nSPS) is 14.9. The molecule has 3 aromatic rings. The van der Waals surface area contributed by atoms with Gasteiger partial charge in [0.15, 0.2) is 0 Å². The van der Waals surface area contributed by atoms with Crippen molar-refractivity contribution in [1.82, 2.24) is 19.8 Å². The maximum atomic E-state index is 11.4. The Morgan fingerprint density at radius 1 is 1.06 bits per heavy atom. The highest BCUT2D eigenvalue weighted by atomic mass is 16.6. The Kier molecular flexibility index (Phi) is 9.02. The standard InChI is InChI=1S/C27H37N7O2/c1-3-32(4-2)17-9-16-28-27-30-24-12-7-6-11-23(24)26(31-27)29-22-14-18-33(19-15-22)20-21-10-5-8-13-25(21)34(35)36/h5-8,10-13,22H,3-4,9,14-20H2,1-2H3,(H2,28,29,30,31). The summed E-state index contributed by atoms with van der Waals surface area (Å²) < 4.78 is 0. The van der Waals surface area contributed by atoms with Crippen LogP contribution in [0.2, 0.25) is 0 Å². The van der Waals surface area contributed by atoms with E-state index in [9.17, 15) is 10.1 Å². The van der Waals surface area contributed by atoms with Gasteiger partial charge in [-0.2, -0.15) is 4.98 Å². The molecule has 0 unspecified atom stereocenters. The molecule has 0 spiro atoms. The van der Waals surface area contributed by atoms with Gasteiger partial charge in [0, 0.05) is 49.2 Å². The molecule has 1 fully saturated rings. The predicted octanol–water partition coefficient (Wildman–Crippen LogP) is 4.76. The number of aromatic nitrogens is 2. The Hall–Kier alpha value is -3.30. The van der Waals surface area contributed by atoms with Crippen molar-refractivity contribution >= 4 is 28.4 Å². The van der Waals surface area contributed by atoms with Crippen molar-refractivity contribution in [1.29, 1.82) is 0 Å². The molecule has 1 aliphatic rings. The molecule has 1 saturated heterocycles. The van der Waals surface area contributed by atoms with Crippen molar-refractivity contribution < 1.29 is 4.92 Å². The van der Waals surface area contributed by atoms with Gasteiger partial charge in [0.05, 0.1) is 10.4 Å². The van der Waals surface area contributed by atoms with Crippen LogP contribution in [0, 0.1) is 10.1 Å². The molecule has 1 aliphatic heterocycles. The Bertz CT molecular complexity index is 1140. The molecule has 0 radical (unpaired) electrons. The minimum atomic E-state index is -0.293. The van der Waals surface area contributed by atoms with Gasteiger partial charge in [0.1, 0.15) is 5.82 Å². The molecule has 2 aromatic carbocycles. The first-order valence-corrected chi connectivity index (χ1v) is 13.0. The summed E-state index contributed by atoms with van der Waals surface area (Å²) in [6.45, 7) is 10.8. The van der Waals surface area contributed by atoms with Crippen molar-refractivity contribution in [3.63, 3.8) is 0 Å². The summed E-state index contributed by atoms with van der Waals surface area (Å²) >= 11 is 0. The minimum Gasteiger partial charge on any atom is -0.367 e. The van der Waals surface area contributed by atoms with Crippen LogP contribution < -0.4 is 10.6 Å². The Balaban J connectivity index is 1.37. The van der Waals surface area contributed by atoms with Crippen molar-refractivity contribution in [3.05, 3.63) is 64.2 Å². The lowest BCUT2D eigenvalue weighted by atomic mass is 10.0. The van der Waals surface area contributed by atoms with Crippen LogP contribution in [0.3, 0.4) is 0 Å². The molecule has 0 saturated carbocycles. The number of anilines is 2. The van der Waals surface area contributed by atoms with E-state index in [1.807, 2.05) is 30.3 Å². The number of piperidine rings is 1. The zero-order valence-corrected chi connectivity index (χ0v) is 21.3. The number of nitro benzene ring substituents is 1. The largest absolute Gasteiger partial charge is 0.367 e. The van der Waals surface area contributed by atoms with Crippen LogP contribution in [0.5, 0.6) is 0 Å². The van der Waals surface area contributed by atoms with E-state index in [0.717, 1.165) is 80.8 Å². The number of nitrogens with zero attached hydrogens (tertiary/aromatic N) is 5. The SMILES string of the molecule is CCN(CC)CCCNc1nc(NC2CCN(Cc3ccccc3[N+](=O)[O-])CC2)c2ccccc2n1. The van der Waals surface area contributed by atoms with Crippen molar-refractivity contribution in [3.8, 4) is 0 Å². The summed E-state index contributed by atoms with van der Waals surface area (Å²) in [4.78, 5) is 25.3. The summed E-state index contributed by atoms with van der Waals surface area (Å²) in [6, 6.07) is 15.4. The lowest BCUT2D eigenvalue weighted by Gasteiger charge is -2.32. The average Bonchev–Trinajstić information content (AvgIpc) is 2.90. The van der Waals surface area contributed by atoms with E-state index >= 15 is 0 Å². The number of nitro groups is 1. The predicted molar refractivity (Wildman–Crippen MR) is 145 cm³/mol. The molecule has 1 aromatic heterocycles. The molecule has 2 N–H and O–H groups in total. The van der Waals surface area contributed by atoms with Crippen LogP contribution in [-0.2, 0) is 6.54 Å². The van der Waals surface area contributed by atoms with Gasteiger partial charge in [-0.25, -0.2) is 4.98 Å². The molecule has 0 atom stereocenters. The number of nitrogens with one attached hydrogen (secondary N) is 2. The topological polar surface area (TPSA) is 99.5 Å². The summed E-state index contributed by atoms with van der Waals surface area (Å²) in [5.41, 5.74) is 1.89. The highest BCUT2D eigenvalue weighted by Gasteiger charge is 2.23. The lowest BCUT2D eigenvalue weighted by Crippen LogP contribution is -2.39. The molecule has 0 bridgehead atoms. The van der Waals surface area contributed by atoms with Gasteiger partial charge >= 0.3 is 0 Å². The first-order valence-electron chi connectivity index (χ1n) is 13.0. The molecule has 0 aliphatic carbocycles. The Morgan fingerprint density at radius 2 is 1.78 bits per heavy atom. The van der Waals surface area contributed by atoms with E-state index in [4.69, 9.17) is 9.97 Å². The smallest absolute Gasteiger partial charge is 0.273 e. The van der Waals surface area contributed by atoms with Crippen molar-refractivity contribution in [2.75, 3.05) is 49.9 Å². The lowest BCUT2D eigenvalue weighted by molar-refractivity contribution is -0.385. The average molecular weight is 492 g/mol. The highest BCUT2D eigenvalue weighted by Crippen LogP contribution is 2.26. The number of likely N-dealkylation sites (tertiary alicyclic amines) is 1. The fourth-order valence-corrected chi connectivity index (χ4v) is 4.80. The Labute approximate surface area is 213 Å². The van der Waals surface area contributed by atoms with E-state index in [2.05, 4.69) is 40.3 Å². The number of hydrogen-bond donors (Lipinski definition) is 2. The molecule has 192 valence electrons. The zero-order chi connectivity index (χ0) is 25.3. The van der Waals surface area contributed by atoms with Gasteiger partial charge in [0.25, 0.3) is 5.69 Å². The molecule has 9 heteroatoms. The molecular weight excluding hydrogens is 454 g/mol. The summed E-state index contributed by atoms with van der Waals surface area (Å²) in [5.74, 6) is 1.52. The maximum absolute atomic E-state index is 11.4. The third-order valence-electron chi connectivity index (χ3n) is 6.94. The summed E-state index contributed by atoms with van der Waals surface area (Å²) in [5, 5.41) is 19.5. The fraction of sp³-hybridized carbons (Fsp3) is 0.481. The maximum Gasteiger partial charge on any atom is 0.273 e. The highest BCUT2D eigenvalue weighted by molar-refractivity contribution is 5.90. The first kappa shape index (κ1) is 25.8. The molecule has 4 rings (SSSR count). The number of para-hydroxylation sites is 2. The van der Waals surface area contributed by atoms with Crippen LogP contribution >= 0.6 is 0 Å². The minimum absolute atomic E-state index is 0.197. The summed E-state index contributed by atoms with van der Waals surface area (Å²) in [6.07, 6.45) is 2.94. The number of hydrogen-bond acceptors (Lipinski definition) is 8. The Morgan fingerprint density at radius 3 is 2.53 bits per heavy atom. The van der Waals surface area contributed by atoms with E-state index in [1.54, 1.807) is 12.1 Å². The first-order chi connectivity index (χ1) is 17.6. The van der Waals surface area contributed by atoms with Gasteiger partial charge in [-0.3, -0.25) is 15.0 Å². The van der Waals surface area contributed by atoms with Gasteiger partial charge in [-0.15, -0.1) is 0 Å². The second-order valence-corrected chi connectivity index (χ2v) is 9.30. The molecule has 2 heterocycles. The summed E-state index contributed by atoms with van der Waals surface area (Å²) in [7, 11) is 0. The fourth-order valence-electron chi connectivity index (χ4n) is 4.80. The molecule has 9 nitrogen and oxygen atoms in total. The molecule has 0 amide bonds. The van der Waals surface area contributed by atoms with Crippen LogP contribution in [0.25, 0.3) is 10.9 Å². The van der Waals surface area contributed by atoms with E-state index in [1.165, 1.54) is 0 Å². The monoisotopic (exact) mass is 491 g/mol. The van der Waals surface area contributed by atoms with Crippen molar-refractivity contribution in [2.45, 2.75) is 45.7 Å². The van der Waals surface area contributed by atoms with Crippen LogP contribution in [0.15, 0.2) is 48.5 Å². The zero-order valence-electron chi connectivity index (χ0n) is 21.3. The van der Waals surface area contributed by atoms with Gasteiger partial charge < -0.3 is 15.5 Å². The number of benzene rings is 2. The molecule has 36 heavy (non-hydrogen) atoms. The number of rotatable bonds is 12. The quantitative estimate of drug-likeness (QED) is 0.213.